The van der Waals surface area contributed by atoms with E-state index in [9.17, 15) is 9.59 Å². The van der Waals surface area contributed by atoms with Crippen molar-refractivity contribution in [1.82, 2.24) is 5.32 Å². The van der Waals surface area contributed by atoms with E-state index in [4.69, 9.17) is 10.5 Å². The van der Waals surface area contributed by atoms with Crippen LogP contribution in [0, 0.1) is 0 Å². The lowest BCUT2D eigenvalue weighted by atomic mass is 10.1. The molecule has 2 rings (SSSR count). The van der Waals surface area contributed by atoms with Gasteiger partial charge in [0.1, 0.15) is 6.10 Å². The zero-order chi connectivity index (χ0) is 15.2. The lowest BCUT2D eigenvalue weighted by molar-refractivity contribution is -0.132. The highest BCUT2D eigenvalue weighted by molar-refractivity contribution is 5.89. The van der Waals surface area contributed by atoms with Crippen molar-refractivity contribution in [3.63, 3.8) is 0 Å². The number of methoxy groups -OCH3 is 1. The molecule has 0 saturated carbocycles. The summed E-state index contributed by atoms with van der Waals surface area (Å²) < 4.78 is 10.2. The molecule has 114 valence electrons. The number of hydrogen-bond donors (Lipinski definition) is 2. The van der Waals surface area contributed by atoms with E-state index in [2.05, 4.69) is 10.1 Å². The molecule has 1 aromatic carbocycles. The molecule has 1 aromatic rings. The first-order valence-corrected chi connectivity index (χ1v) is 6.94. The molecule has 1 aliphatic rings. The van der Waals surface area contributed by atoms with Crippen molar-refractivity contribution in [2.45, 2.75) is 31.6 Å². The number of amides is 1. The Bertz CT molecular complexity index is 518. The van der Waals surface area contributed by atoms with E-state index in [1.807, 2.05) is 6.07 Å². The summed E-state index contributed by atoms with van der Waals surface area (Å²) >= 11 is 0. The minimum absolute atomic E-state index is 0.0246. The average Bonchev–Trinajstić information content (AvgIpc) is 3.01. The Morgan fingerprint density at radius 2 is 2.24 bits per heavy atom. The van der Waals surface area contributed by atoms with Gasteiger partial charge in [-0.2, -0.15) is 0 Å². The second-order valence-electron chi connectivity index (χ2n) is 4.97. The largest absolute Gasteiger partial charge is 0.465 e. The summed E-state index contributed by atoms with van der Waals surface area (Å²) in [4.78, 5) is 23.4. The second-order valence-corrected chi connectivity index (χ2v) is 4.97. The van der Waals surface area contributed by atoms with Gasteiger partial charge in [0.15, 0.2) is 0 Å². The van der Waals surface area contributed by atoms with Crippen molar-refractivity contribution in [3.8, 4) is 0 Å². The van der Waals surface area contributed by atoms with Crippen molar-refractivity contribution in [2.24, 2.45) is 5.73 Å². The Balaban J connectivity index is 1.88. The van der Waals surface area contributed by atoms with Crippen LogP contribution in [0.25, 0.3) is 0 Å². The van der Waals surface area contributed by atoms with Gasteiger partial charge in [0.05, 0.1) is 18.8 Å². The zero-order valence-electron chi connectivity index (χ0n) is 12.0. The van der Waals surface area contributed by atoms with Crippen LogP contribution < -0.4 is 11.1 Å². The number of nitrogens with one attached hydrogen (secondary N) is 1. The van der Waals surface area contributed by atoms with Crippen LogP contribution in [0.2, 0.25) is 0 Å². The van der Waals surface area contributed by atoms with E-state index in [1.54, 1.807) is 18.2 Å². The number of carbonyl (C=O) groups is 2. The fraction of sp³-hybridized carbons (Fsp3) is 0.467. The topological polar surface area (TPSA) is 90.7 Å². The van der Waals surface area contributed by atoms with Crippen LogP contribution in [0.1, 0.15) is 28.8 Å². The molecule has 0 unspecified atom stereocenters. The number of rotatable bonds is 5. The van der Waals surface area contributed by atoms with E-state index < -0.39 is 12.1 Å². The maximum absolute atomic E-state index is 12.0. The highest BCUT2D eigenvalue weighted by Gasteiger charge is 2.29. The number of ether oxygens (including phenoxy) is 2. The van der Waals surface area contributed by atoms with Gasteiger partial charge >= 0.3 is 5.97 Å². The molecule has 1 saturated heterocycles. The van der Waals surface area contributed by atoms with E-state index in [-0.39, 0.29) is 12.0 Å². The highest BCUT2D eigenvalue weighted by atomic mass is 16.5. The monoisotopic (exact) mass is 292 g/mol. The maximum Gasteiger partial charge on any atom is 0.337 e. The van der Waals surface area contributed by atoms with Gasteiger partial charge in [-0.1, -0.05) is 12.1 Å². The smallest absolute Gasteiger partial charge is 0.337 e. The third-order valence-corrected chi connectivity index (χ3v) is 3.48. The van der Waals surface area contributed by atoms with Gasteiger partial charge in [-0.3, -0.25) is 4.79 Å². The van der Waals surface area contributed by atoms with Gasteiger partial charge in [-0.25, -0.2) is 4.79 Å². The summed E-state index contributed by atoms with van der Waals surface area (Å²) in [5.41, 5.74) is 6.81. The Morgan fingerprint density at radius 3 is 2.90 bits per heavy atom. The third-order valence-electron chi connectivity index (χ3n) is 3.48. The summed E-state index contributed by atoms with van der Waals surface area (Å²) in [6.45, 7) is 0.780. The summed E-state index contributed by atoms with van der Waals surface area (Å²) in [7, 11) is 1.34. The van der Waals surface area contributed by atoms with E-state index in [0.717, 1.165) is 12.0 Å². The summed E-state index contributed by atoms with van der Waals surface area (Å²) in [6.07, 6.45) is 1.05. The van der Waals surface area contributed by atoms with Gasteiger partial charge in [-0.05, 0) is 30.5 Å². The molecule has 1 aliphatic heterocycles. The molecule has 2 atom stereocenters. The SMILES string of the molecule is COC(=O)c1cccc(CNC(=O)[C@@H]2CC[C@H](CN)O2)c1. The normalized spacial score (nSPS) is 21.0. The molecule has 1 heterocycles. The first kappa shape index (κ1) is 15.5. The molecule has 0 aliphatic carbocycles. The van der Waals surface area contributed by atoms with E-state index in [1.165, 1.54) is 7.11 Å². The summed E-state index contributed by atoms with van der Waals surface area (Å²) in [5, 5.41) is 2.81. The molecular formula is C15H20N2O4. The van der Waals surface area contributed by atoms with Gasteiger partial charge in [-0.15, -0.1) is 0 Å². The van der Waals surface area contributed by atoms with Crippen LogP contribution in [0.5, 0.6) is 0 Å². The van der Waals surface area contributed by atoms with Crippen molar-refractivity contribution in [1.29, 1.82) is 0 Å². The van der Waals surface area contributed by atoms with Crippen molar-refractivity contribution in [3.05, 3.63) is 35.4 Å². The van der Waals surface area contributed by atoms with Crippen LogP contribution >= 0.6 is 0 Å². The summed E-state index contributed by atoms with van der Waals surface area (Å²) in [5.74, 6) is -0.539. The van der Waals surface area contributed by atoms with Crippen LogP contribution in [0.3, 0.4) is 0 Å². The first-order chi connectivity index (χ1) is 10.1. The molecule has 0 bridgehead atoms. The highest BCUT2D eigenvalue weighted by Crippen LogP contribution is 2.19. The zero-order valence-corrected chi connectivity index (χ0v) is 12.0. The summed E-state index contributed by atoms with van der Waals surface area (Å²) in [6, 6.07) is 6.96. The number of esters is 1. The van der Waals surface area contributed by atoms with Crippen molar-refractivity contribution in [2.75, 3.05) is 13.7 Å². The lowest BCUT2D eigenvalue weighted by Gasteiger charge is -2.13. The van der Waals surface area contributed by atoms with Gasteiger partial charge in [0.2, 0.25) is 5.91 Å². The predicted molar refractivity (Wildman–Crippen MR) is 76.6 cm³/mol. The minimum atomic E-state index is -0.428. The van der Waals surface area contributed by atoms with Crippen LogP contribution in [-0.4, -0.2) is 37.7 Å². The minimum Gasteiger partial charge on any atom is -0.465 e. The molecule has 3 N–H and O–H groups in total. The third kappa shape index (κ3) is 4.03. The average molecular weight is 292 g/mol. The van der Waals surface area contributed by atoms with E-state index >= 15 is 0 Å². The lowest BCUT2D eigenvalue weighted by Crippen LogP contribution is -2.35. The van der Waals surface area contributed by atoms with Crippen molar-refractivity contribution < 1.29 is 19.1 Å². The molecular weight excluding hydrogens is 272 g/mol. The number of hydrogen-bond acceptors (Lipinski definition) is 5. The maximum atomic E-state index is 12.0. The standard InChI is InChI=1S/C15H20N2O4/c1-20-15(19)11-4-2-3-10(7-11)9-17-14(18)13-6-5-12(8-16)21-13/h2-4,7,12-13H,5-6,8-9,16H2,1H3,(H,17,18)/t12-,13+/m1/s1. The van der Waals surface area contributed by atoms with Gasteiger partial charge < -0.3 is 20.5 Å². The Hall–Kier alpha value is -1.92. The molecule has 6 heteroatoms. The fourth-order valence-corrected chi connectivity index (χ4v) is 2.30. The van der Waals surface area contributed by atoms with Crippen molar-refractivity contribution >= 4 is 11.9 Å². The Kier molecular flexibility index (Phi) is 5.30. The predicted octanol–water partition coefficient (Wildman–Crippen LogP) is 0.596. The number of benzene rings is 1. The first-order valence-electron chi connectivity index (χ1n) is 6.94. The molecule has 0 aromatic heterocycles. The number of nitrogens with two attached hydrogens (primary N) is 1. The van der Waals surface area contributed by atoms with Crippen LogP contribution in [0.15, 0.2) is 24.3 Å². The van der Waals surface area contributed by atoms with Gasteiger partial charge in [0.25, 0.3) is 0 Å². The number of carbonyl (C=O) groups excluding carboxylic acids is 2. The quantitative estimate of drug-likeness (QED) is 0.775. The fourth-order valence-electron chi connectivity index (χ4n) is 2.30. The molecule has 1 amide bonds. The van der Waals surface area contributed by atoms with E-state index in [0.29, 0.717) is 25.1 Å². The Labute approximate surface area is 123 Å². The molecule has 1 fully saturated rings. The Morgan fingerprint density at radius 1 is 1.43 bits per heavy atom. The van der Waals surface area contributed by atoms with Crippen LogP contribution in [0.4, 0.5) is 0 Å². The van der Waals surface area contributed by atoms with Gasteiger partial charge in [0, 0.05) is 13.1 Å². The second kappa shape index (κ2) is 7.19. The molecule has 6 nitrogen and oxygen atoms in total. The molecule has 0 spiro atoms. The molecule has 0 radical (unpaired) electrons. The molecule has 21 heavy (non-hydrogen) atoms. The van der Waals surface area contributed by atoms with Crippen LogP contribution in [-0.2, 0) is 20.8 Å².